The van der Waals surface area contributed by atoms with Crippen LogP contribution in [0.2, 0.25) is 0 Å². The highest BCUT2D eigenvalue weighted by Crippen LogP contribution is 2.27. The fourth-order valence-corrected chi connectivity index (χ4v) is 3.18. The lowest BCUT2D eigenvalue weighted by atomic mass is 9.91. The smallest absolute Gasteiger partial charge is 0.230 e. The molecule has 0 radical (unpaired) electrons. The van der Waals surface area contributed by atoms with Crippen LogP contribution in [0, 0.1) is 0 Å². The zero-order valence-electron chi connectivity index (χ0n) is 13.0. The largest absolute Gasteiger partial charge is 0.381 e. The van der Waals surface area contributed by atoms with Gasteiger partial charge in [-0.3, -0.25) is 4.79 Å². The van der Waals surface area contributed by atoms with Crippen molar-refractivity contribution in [1.29, 1.82) is 0 Å². The molecule has 1 aliphatic heterocycles. The molecule has 1 saturated heterocycles. The molecule has 1 amide bonds. The first-order chi connectivity index (χ1) is 10.2. The highest BCUT2D eigenvalue weighted by molar-refractivity contribution is 5.84. The first kappa shape index (κ1) is 16.0. The van der Waals surface area contributed by atoms with Crippen molar-refractivity contribution in [3.8, 4) is 0 Å². The number of ether oxygens (including phenoxy) is 1. The van der Waals surface area contributed by atoms with Gasteiger partial charge in [0.1, 0.15) is 0 Å². The van der Waals surface area contributed by atoms with Crippen LogP contribution in [0.25, 0.3) is 0 Å². The van der Waals surface area contributed by atoms with Gasteiger partial charge in [0, 0.05) is 26.2 Å². The standard InChI is InChI=1S/C17H26N2O2/c1-3-16(13-7-5-4-6-8-13)17(20)19-10-9-15(21-2)11-14(19)12-18/h4-8,14-16H,3,9-12,18H2,1-2H3. The molecular weight excluding hydrogens is 264 g/mol. The Bertz CT molecular complexity index is 449. The minimum absolute atomic E-state index is 0.0701. The summed E-state index contributed by atoms with van der Waals surface area (Å²) in [5.74, 6) is 0.132. The van der Waals surface area contributed by atoms with Gasteiger partial charge in [-0.05, 0) is 24.8 Å². The van der Waals surface area contributed by atoms with E-state index in [9.17, 15) is 4.79 Å². The first-order valence-electron chi connectivity index (χ1n) is 7.79. The number of nitrogens with zero attached hydrogens (tertiary/aromatic N) is 1. The average Bonchev–Trinajstić information content (AvgIpc) is 2.55. The van der Waals surface area contributed by atoms with Gasteiger partial charge in [0.2, 0.25) is 5.91 Å². The van der Waals surface area contributed by atoms with Gasteiger partial charge in [-0.2, -0.15) is 0 Å². The second-order valence-electron chi connectivity index (χ2n) is 5.67. The van der Waals surface area contributed by atoms with Gasteiger partial charge in [-0.1, -0.05) is 37.3 Å². The van der Waals surface area contributed by atoms with Gasteiger partial charge in [0.05, 0.1) is 12.0 Å². The fraction of sp³-hybridized carbons (Fsp3) is 0.588. The molecule has 1 aliphatic rings. The molecule has 0 aliphatic carbocycles. The molecule has 0 spiro atoms. The minimum atomic E-state index is -0.0701. The van der Waals surface area contributed by atoms with E-state index >= 15 is 0 Å². The van der Waals surface area contributed by atoms with Crippen molar-refractivity contribution in [2.75, 3.05) is 20.2 Å². The van der Waals surface area contributed by atoms with Crippen LogP contribution in [-0.4, -0.2) is 43.2 Å². The summed E-state index contributed by atoms with van der Waals surface area (Å²) in [6.45, 7) is 3.30. The molecule has 1 aromatic carbocycles. The van der Waals surface area contributed by atoms with Gasteiger partial charge in [0.25, 0.3) is 0 Å². The zero-order valence-corrected chi connectivity index (χ0v) is 13.0. The highest BCUT2D eigenvalue weighted by Gasteiger charge is 2.34. The Kier molecular flexibility index (Phi) is 5.76. The molecular formula is C17H26N2O2. The average molecular weight is 290 g/mol. The number of likely N-dealkylation sites (tertiary alicyclic amines) is 1. The van der Waals surface area contributed by atoms with Crippen molar-refractivity contribution in [3.63, 3.8) is 0 Å². The first-order valence-corrected chi connectivity index (χ1v) is 7.79. The molecule has 3 atom stereocenters. The Morgan fingerprint density at radius 2 is 2.14 bits per heavy atom. The summed E-state index contributed by atoms with van der Waals surface area (Å²) in [6.07, 6.45) is 2.76. The summed E-state index contributed by atoms with van der Waals surface area (Å²) in [5.41, 5.74) is 6.97. The molecule has 1 aromatic rings. The minimum Gasteiger partial charge on any atom is -0.381 e. The topological polar surface area (TPSA) is 55.6 Å². The predicted molar refractivity (Wildman–Crippen MR) is 84.1 cm³/mol. The molecule has 0 saturated carbocycles. The molecule has 1 fully saturated rings. The van der Waals surface area contributed by atoms with E-state index in [4.69, 9.17) is 10.5 Å². The normalized spacial score (nSPS) is 23.9. The van der Waals surface area contributed by atoms with Crippen molar-refractivity contribution >= 4 is 5.91 Å². The van der Waals surface area contributed by atoms with Crippen molar-refractivity contribution in [2.45, 2.75) is 44.2 Å². The summed E-state index contributed by atoms with van der Waals surface area (Å²) in [7, 11) is 1.73. The number of benzene rings is 1. The predicted octanol–water partition coefficient (Wildman–Crippen LogP) is 2.14. The van der Waals surface area contributed by atoms with Gasteiger partial charge >= 0.3 is 0 Å². The van der Waals surface area contributed by atoms with E-state index in [1.165, 1.54) is 0 Å². The quantitative estimate of drug-likeness (QED) is 0.904. The lowest BCUT2D eigenvalue weighted by molar-refractivity contribution is -0.138. The SMILES string of the molecule is CCC(C(=O)N1CCC(OC)CC1CN)c1ccccc1. The molecule has 0 bridgehead atoms. The molecule has 4 nitrogen and oxygen atoms in total. The molecule has 1 heterocycles. The Morgan fingerprint density at radius 3 is 2.71 bits per heavy atom. The monoisotopic (exact) mass is 290 g/mol. The van der Waals surface area contributed by atoms with Crippen LogP contribution < -0.4 is 5.73 Å². The van der Waals surface area contributed by atoms with E-state index < -0.39 is 0 Å². The number of methoxy groups -OCH3 is 1. The lowest BCUT2D eigenvalue weighted by Gasteiger charge is -2.40. The maximum atomic E-state index is 12.9. The lowest BCUT2D eigenvalue weighted by Crippen LogP contribution is -2.52. The van der Waals surface area contributed by atoms with Crippen LogP contribution in [0.15, 0.2) is 30.3 Å². The summed E-state index contributed by atoms with van der Waals surface area (Å²) in [5, 5.41) is 0. The van der Waals surface area contributed by atoms with Crippen LogP contribution >= 0.6 is 0 Å². The third kappa shape index (κ3) is 3.63. The maximum absolute atomic E-state index is 12.9. The van der Waals surface area contributed by atoms with E-state index in [0.717, 1.165) is 31.4 Å². The summed E-state index contributed by atoms with van der Waals surface area (Å²) < 4.78 is 5.43. The fourth-order valence-electron chi connectivity index (χ4n) is 3.18. The van der Waals surface area contributed by atoms with E-state index in [1.807, 2.05) is 35.2 Å². The van der Waals surface area contributed by atoms with Crippen LogP contribution in [0.3, 0.4) is 0 Å². The van der Waals surface area contributed by atoms with Crippen molar-refractivity contribution in [3.05, 3.63) is 35.9 Å². The van der Waals surface area contributed by atoms with E-state index in [0.29, 0.717) is 6.54 Å². The number of hydrogen-bond donors (Lipinski definition) is 1. The van der Waals surface area contributed by atoms with Gasteiger partial charge < -0.3 is 15.4 Å². The molecule has 2 N–H and O–H groups in total. The van der Waals surface area contributed by atoms with Crippen LogP contribution in [-0.2, 0) is 9.53 Å². The Morgan fingerprint density at radius 1 is 1.43 bits per heavy atom. The second-order valence-corrected chi connectivity index (χ2v) is 5.67. The number of nitrogens with two attached hydrogens (primary N) is 1. The van der Waals surface area contributed by atoms with Gasteiger partial charge in [-0.15, -0.1) is 0 Å². The summed E-state index contributed by atoms with van der Waals surface area (Å²) in [6, 6.07) is 10.1. The van der Waals surface area contributed by atoms with Crippen molar-refractivity contribution in [2.24, 2.45) is 5.73 Å². The molecule has 4 heteroatoms. The van der Waals surface area contributed by atoms with Crippen LogP contribution in [0.4, 0.5) is 0 Å². The highest BCUT2D eigenvalue weighted by atomic mass is 16.5. The molecule has 21 heavy (non-hydrogen) atoms. The number of carbonyl (C=O) groups excluding carboxylic acids is 1. The number of amides is 1. The Balaban J connectivity index is 2.13. The number of piperidine rings is 1. The molecule has 2 rings (SSSR count). The maximum Gasteiger partial charge on any atom is 0.230 e. The van der Waals surface area contributed by atoms with Crippen LogP contribution in [0.1, 0.15) is 37.7 Å². The van der Waals surface area contributed by atoms with Crippen LogP contribution in [0.5, 0.6) is 0 Å². The zero-order chi connectivity index (χ0) is 15.2. The van der Waals surface area contributed by atoms with Crippen molar-refractivity contribution in [1.82, 2.24) is 4.90 Å². The van der Waals surface area contributed by atoms with E-state index in [-0.39, 0.29) is 24.0 Å². The third-order valence-corrected chi connectivity index (χ3v) is 4.46. The molecule has 0 aromatic heterocycles. The number of rotatable bonds is 5. The summed E-state index contributed by atoms with van der Waals surface area (Å²) in [4.78, 5) is 14.9. The number of carbonyl (C=O) groups is 1. The second kappa shape index (κ2) is 7.57. The van der Waals surface area contributed by atoms with Crippen molar-refractivity contribution < 1.29 is 9.53 Å². The van der Waals surface area contributed by atoms with Gasteiger partial charge in [0.15, 0.2) is 0 Å². The van der Waals surface area contributed by atoms with E-state index in [1.54, 1.807) is 7.11 Å². The number of hydrogen-bond acceptors (Lipinski definition) is 3. The Hall–Kier alpha value is -1.39. The summed E-state index contributed by atoms with van der Waals surface area (Å²) >= 11 is 0. The van der Waals surface area contributed by atoms with E-state index in [2.05, 4.69) is 6.92 Å². The molecule has 116 valence electrons. The third-order valence-electron chi connectivity index (χ3n) is 4.46. The Labute approximate surface area is 127 Å². The molecule has 3 unspecified atom stereocenters. The van der Waals surface area contributed by atoms with Gasteiger partial charge in [-0.25, -0.2) is 0 Å².